The van der Waals surface area contributed by atoms with E-state index in [9.17, 15) is 14.0 Å². The molecule has 2 amide bonds. The molecule has 0 bridgehead atoms. The number of quaternary nitrogens is 1. The van der Waals surface area contributed by atoms with Gasteiger partial charge in [0, 0.05) is 18.8 Å². The van der Waals surface area contributed by atoms with Crippen LogP contribution in [0.4, 0.5) is 10.1 Å². The minimum atomic E-state index is -0.354. The number of carbonyl (C=O) groups excluding carboxylic acids is 2. The normalized spacial score (nSPS) is 12.9. The van der Waals surface area contributed by atoms with Crippen molar-refractivity contribution in [3.8, 4) is 0 Å². The molecule has 0 aliphatic rings. The molecule has 0 aliphatic carbocycles. The van der Waals surface area contributed by atoms with Crippen LogP contribution in [0.25, 0.3) is 0 Å². The van der Waals surface area contributed by atoms with Gasteiger partial charge in [0.2, 0.25) is 0 Å². The van der Waals surface area contributed by atoms with E-state index in [4.69, 9.17) is 0 Å². The highest BCUT2D eigenvalue weighted by molar-refractivity contribution is 5.91. The summed E-state index contributed by atoms with van der Waals surface area (Å²) in [6.45, 7) is 5.08. The maximum atomic E-state index is 12.9. The lowest BCUT2D eigenvalue weighted by molar-refractivity contribution is -0.886. The van der Waals surface area contributed by atoms with Gasteiger partial charge in [-0.3, -0.25) is 9.59 Å². The number of hydrogen-bond donors (Lipinski definition) is 2. The molecule has 144 valence electrons. The first-order chi connectivity index (χ1) is 12.9. The van der Waals surface area contributed by atoms with E-state index < -0.39 is 0 Å². The Balaban J connectivity index is 1.91. The monoisotopic (exact) mass is 372 g/mol. The van der Waals surface area contributed by atoms with Gasteiger partial charge in [-0.1, -0.05) is 30.3 Å². The van der Waals surface area contributed by atoms with Gasteiger partial charge < -0.3 is 15.1 Å². The van der Waals surface area contributed by atoms with Crippen molar-refractivity contribution in [2.75, 3.05) is 25.5 Å². The smallest absolute Gasteiger partial charge is 0.280 e. The van der Waals surface area contributed by atoms with Crippen molar-refractivity contribution in [2.45, 2.75) is 26.4 Å². The van der Waals surface area contributed by atoms with Crippen molar-refractivity contribution in [1.29, 1.82) is 0 Å². The maximum Gasteiger partial charge on any atom is 0.280 e. The molecule has 0 heterocycles. The Morgan fingerprint density at radius 2 is 1.74 bits per heavy atom. The standard InChI is InChI=1S/C21H26FN3O2/c1-4-25(14-17-8-6-5-7-9-17)21(27)16(2)24(3)15-20(26)23-19-12-10-18(22)11-13-19/h5-13,16H,4,14-15H2,1-3H3,(H,23,26)/p+1/t16-/m1/s1. The zero-order chi connectivity index (χ0) is 19.8. The van der Waals surface area contributed by atoms with Crippen LogP contribution in [0.2, 0.25) is 0 Å². The molecule has 0 aliphatic heterocycles. The number of likely N-dealkylation sites (N-methyl/N-ethyl adjacent to an activating group) is 2. The summed E-state index contributed by atoms with van der Waals surface area (Å²) in [6.07, 6.45) is 0. The van der Waals surface area contributed by atoms with Gasteiger partial charge in [-0.2, -0.15) is 0 Å². The number of benzene rings is 2. The third kappa shape index (κ3) is 6.18. The Morgan fingerprint density at radius 3 is 2.33 bits per heavy atom. The summed E-state index contributed by atoms with van der Waals surface area (Å²) >= 11 is 0. The Bertz CT molecular complexity index is 750. The number of amides is 2. The first-order valence-electron chi connectivity index (χ1n) is 9.11. The summed E-state index contributed by atoms with van der Waals surface area (Å²) in [7, 11) is 1.82. The van der Waals surface area contributed by atoms with E-state index in [0.29, 0.717) is 18.8 Å². The van der Waals surface area contributed by atoms with Crippen LogP contribution >= 0.6 is 0 Å². The fourth-order valence-corrected chi connectivity index (χ4v) is 2.78. The summed E-state index contributed by atoms with van der Waals surface area (Å²) in [5, 5.41) is 2.73. The first-order valence-corrected chi connectivity index (χ1v) is 9.11. The van der Waals surface area contributed by atoms with Gasteiger partial charge in [-0.25, -0.2) is 4.39 Å². The van der Waals surface area contributed by atoms with Crippen molar-refractivity contribution < 1.29 is 18.9 Å². The molecular formula is C21H27FN3O2+. The van der Waals surface area contributed by atoms with Gasteiger partial charge in [0.15, 0.2) is 12.6 Å². The number of carbonyl (C=O) groups is 2. The second kappa shape index (κ2) is 9.83. The van der Waals surface area contributed by atoms with Gasteiger partial charge in [0.1, 0.15) is 5.82 Å². The molecule has 27 heavy (non-hydrogen) atoms. The molecule has 5 nitrogen and oxygen atoms in total. The molecule has 0 saturated heterocycles. The molecule has 0 saturated carbocycles. The van der Waals surface area contributed by atoms with Gasteiger partial charge in [-0.15, -0.1) is 0 Å². The number of nitrogens with zero attached hydrogens (tertiary/aromatic N) is 1. The largest absolute Gasteiger partial charge is 0.334 e. The van der Waals surface area contributed by atoms with Crippen molar-refractivity contribution in [2.24, 2.45) is 0 Å². The highest BCUT2D eigenvalue weighted by Crippen LogP contribution is 2.08. The number of rotatable bonds is 8. The topological polar surface area (TPSA) is 53.9 Å². The fraction of sp³-hybridized carbons (Fsp3) is 0.333. The molecule has 2 aromatic carbocycles. The predicted octanol–water partition coefficient (Wildman–Crippen LogP) is 1.72. The SMILES string of the molecule is CCN(Cc1ccccc1)C(=O)[C@@H](C)[NH+](C)CC(=O)Nc1ccc(F)cc1. The van der Waals surface area contributed by atoms with Crippen LogP contribution in [0.1, 0.15) is 19.4 Å². The Labute approximate surface area is 159 Å². The van der Waals surface area contributed by atoms with E-state index in [2.05, 4.69) is 5.32 Å². The Hall–Kier alpha value is -2.73. The average Bonchev–Trinajstić information content (AvgIpc) is 2.67. The number of anilines is 1. The summed E-state index contributed by atoms with van der Waals surface area (Å²) in [4.78, 5) is 27.6. The predicted molar refractivity (Wildman–Crippen MR) is 104 cm³/mol. The van der Waals surface area contributed by atoms with Gasteiger partial charge in [0.05, 0.1) is 7.05 Å². The highest BCUT2D eigenvalue weighted by atomic mass is 19.1. The number of hydrogen-bond acceptors (Lipinski definition) is 2. The van der Waals surface area contributed by atoms with E-state index in [1.807, 2.05) is 51.2 Å². The fourth-order valence-electron chi connectivity index (χ4n) is 2.78. The van der Waals surface area contributed by atoms with E-state index in [1.54, 1.807) is 4.90 Å². The Kier molecular flexibility index (Phi) is 7.49. The van der Waals surface area contributed by atoms with Crippen LogP contribution in [0.15, 0.2) is 54.6 Å². The maximum absolute atomic E-state index is 12.9. The molecular weight excluding hydrogens is 345 g/mol. The number of nitrogens with one attached hydrogen (secondary N) is 2. The first kappa shape index (κ1) is 20.6. The minimum absolute atomic E-state index is 0.00781. The zero-order valence-corrected chi connectivity index (χ0v) is 16.0. The molecule has 0 fully saturated rings. The van der Waals surface area contributed by atoms with Gasteiger partial charge in [0.25, 0.3) is 11.8 Å². The van der Waals surface area contributed by atoms with Crippen molar-refractivity contribution in [1.82, 2.24) is 4.90 Å². The molecule has 2 rings (SSSR count). The quantitative estimate of drug-likeness (QED) is 0.741. The van der Waals surface area contributed by atoms with Crippen LogP contribution < -0.4 is 10.2 Å². The van der Waals surface area contributed by atoms with Gasteiger partial charge >= 0.3 is 0 Å². The molecule has 1 unspecified atom stereocenters. The van der Waals surface area contributed by atoms with E-state index in [1.165, 1.54) is 24.3 Å². The van der Waals surface area contributed by atoms with Crippen LogP contribution in [0.5, 0.6) is 0 Å². The summed E-state index contributed by atoms with van der Waals surface area (Å²) in [5.74, 6) is -0.564. The van der Waals surface area contributed by atoms with Crippen LogP contribution in [-0.2, 0) is 16.1 Å². The molecule has 2 aromatic rings. The lowest BCUT2D eigenvalue weighted by atomic mass is 10.2. The average molecular weight is 372 g/mol. The van der Waals surface area contributed by atoms with E-state index in [-0.39, 0.29) is 30.2 Å². The molecule has 0 radical (unpaired) electrons. The molecule has 2 N–H and O–H groups in total. The van der Waals surface area contributed by atoms with Crippen LogP contribution in [0, 0.1) is 5.82 Å². The summed E-state index contributed by atoms with van der Waals surface area (Å²) in [5.41, 5.74) is 1.61. The highest BCUT2D eigenvalue weighted by Gasteiger charge is 2.27. The van der Waals surface area contributed by atoms with Crippen molar-refractivity contribution >= 4 is 17.5 Å². The minimum Gasteiger partial charge on any atom is -0.334 e. The van der Waals surface area contributed by atoms with E-state index in [0.717, 1.165) is 10.5 Å². The van der Waals surface area contributed by atoms with Crippen LogP contribution in [0.3, 0.4) is 0 Å². The summed E-state index contributed by atoms with van der Waals surface area (Å²) in [6, 6.07) is 15.1. The molecule has 0 spiro atoms. The van der Waals surface area contributed by atoms with E-state index >= 15 is 0 Å². The zero-order valence-electron chi connectivity index (χ0n) is 16.0. The van der Waals surface area contributed by atoms with Crippen LogP contribution in [-0.4, -0.2) is 42.9 Å². The Morgan fingerprint density at radius 1 is 1.11 bits per heavy atom. The lowest BCUT2D eigenvalue weighted by Crippen LogP contribution is -3.15. The molecule has 2 atom stereocenters. The number of halogens is 1. The molecule has 6 heteroatoms. The van der Waals surface area contributed by atoms with Crippen molar-refractivity contribution in [3.63, 3.8) is 0 Å². The summed E-state index contributed by atoms with van der Waals surface area (Å²) < 4.78 is 12.9. The third-order valence-electron chi connectivity index (χ3n) is 4.59. The second-order valence-corrected chi connectivity index (χ2v) is 6.64. The molecule has 0 aromatic heterocycles. The van der Waals surface area contributed by atoms with Crippen molar-refractivity contribution in [3.05, 3.63) is 66.0 Å². The lowest BCUT2D eigenvalue weighted by Gasteiger charge is -2.27. The third-order valence-corrected chi connectivity index (χ3v) is 4.59. The van der Waals surface area contributed by atoms with Gasteiger partial charge in [-0.05, 0) is 43.7 Å². The second-order valence-electron chi connectivity index (χ2n) is 6.64.